The summed E-state index contributed by atoms with van der Waals surface area (Å²) in [5, 5.41) is 1.05. The summed E-state index contributed by atoms with van der Waals surface area (Å²) in [6.45, 7) is 0.117. The van der Waals surface area contributed by atoms with Gasteiger partial charge in [0.05, 0.1) is 6.61 Å². The third-order valence-electron chi connectivity index (χ3n) is 2.45. The van der Waals surface area contributed by atoms with Crippen LogP contribution in [-0.4, -0.2) is 63.1 Å². The van der Waals surface area contributed by atoms with Crippen LogP contribution in [0.3, 0.4) is 0 Å². The van der Waals surface area contributed by atoms with E-state index in [0.29, 0.717) is 0 Å². The van der Waals surface area contributed by atoms with Crippen molar-refractivity contribution in [1.82, 2.24) is 15.3 Å². The highest BCUT2D eigenvalue weighted by Gasteiger charge is 2.29. The second-order valence-corrected chi connectivity index (χ2v) is 6.79. The van der Waals surface area contributed by atoms with Crippen molar-refractivity contribution in [1.29, 1.82) is 0 Å². The van der Waals surface area contributed by atoms with Crippen LogP contribution in [0.2, 0.25) is 0 Å². The molecule has 12 heteroatoms. The lowest BCUT2D eigenvalue weighted by Gasteiger charge is -2.13. The number of hydrogen-bond acceptors (Lipinski definition) is 7. The molecule has 0 aliphatic carbocycles. The van der Waals surface area contributed by atoms with Crippen LogP contribution in [0.4, 0.5) is 13.2 Å². The van der Waals surface area contributed by atoms with E-state index in [9.17, 15) is 26.4 Å². The van der Waals surface area contributed by atoms with Crippen LogP contribution < -0.4 is 10.1 Å². The molecule has 1 unspecified atom stereocenters. The molecular formula is C12H16F3N3O5S. The Morgan fingerprint density at radius 3 is 2.50 bits per heavy atom. The largest absolute Gasteiger partial charge is 0.458 e. The molecule has 0 radical (unpaired) electrons. The number of rotatable bonds is 7. The van der Waals surface area contributed by atoms with Crippen LogP contribution >= 0.6 is 0 Å². The lowest BCUT2D eigenvalue weighted by atomic mass is 10.4. The number of methoxy groups -OCH3 is 1. The Morgan fingerprint density at radius 2 is 2.00 bits per heavy atom. The summed E-state index contributed by atoms with van der Waals surface area (Å²) in [6, 6.07) is 0.314. The molecular weight excluding hydrogens is 355 g/mol. The first-order chi connectivity index (χ1) is 10.9. The summed E-state index contributed by atoms with van der Waals surface area (Å²) in [4.78, 5) is 19.0. The molecule has 0 saturated heterocycles. The number of nitrogens with one attached hydrogen (secondary N) is 1. The molecule has 0 aliphatic rings. The fraction of sp³-hybridized carbons (Fsp3) is 0.583. The molecule has 1 heterocycles. The van der Waals surface area contributed by atoms with Crippen molar-refractivity contribution in [3.8, 4) is 6.01 Å². The van der Waals surface area contributed by atoms with E-state index in [-0.39, 0.29) is 6.61 Å². The Kier molecular flexibility index (Phi) is 6.49. The van der Waals surface area contributed by atoms with Gasteiger partial charge in [-0.3, -0.25) is 4.79 Å². The third-order valence-corrected chi connectivity index (χ3v) is 3.42. The van der Waals surface area contributed by atoms with Gasteiger partial charge in [-0.25, -0.2) is 8.42 Å². The average molecular weight is 371 g/mol. The number of ether oxygens (including phenoxy) is 2. The zero-order valence-electron chi connectivity index (χ0n) is 13.0. The third kappa shape index (κ3) is 6.66. The highest BCUT2D eigenvalue weighted by molar-refractivity contribution is 7.90. The first-order valence-corrected chi connectivity index (χ1v) is 8.41. The molecule has 1 rings (SSSR count). The number of nitrogens with zero attached hydrogens (tertiary/aromatic N) is 2. The first kappa shape index (κ1) is 20.1. The van der Waals surface area contributed by atoms with Crippen LogP contribution in [-0.2, 0) is 14.6 Å². The summed E-state index contributed by atoms with van der Waals surface area (Å²) in [5.74, 6) is -1.20. The zero-order chi connectivity index (χ0) is 18.5. The monoisotopic (exact) mass is 371 g/mol. The quantitative estimate of drug-likeness (QED) is 0.699. The highest BCUT2D eigenvalue weighted by atomic mass is 32.2. The molecule has 24 heavy (non-hydrogen) atoms. The number of amides is 1. The highest BCUT2D eigenvalue weighted by Crippen LogP contribution is 2.15. The van der Waals surface area contributed by atoms with Gasteiger partial charge in [-0.2, -0.15) is 23.1 Å². The van der Waals surface area contributed by atoms with Crippen molar-refractivity contribution >= 4 is 15.7 Å². The molecule has 8 nitrogen and oxygen atoms in total. The first-order valence-electron chi connectivity index (χ1n) is 6.52. The van der Waals surface area contributed by atoms with E-state index in [1.54, 1.807) is 12.2 Å². The van der Waals surface area contributed by atoms with E-state index in [2.05, 4.69) is 9.97 Å². The van der Waals surface area contributed by atoms with Crippen LogP contribution in [0.25, 0.3) is 0 Å². The van der Waals surface area contributed by atoms with Gasteiger partial charge in [0.2, 0.25) is 0 Å². The number of sulfone groups is 1. The molecule has 1 N–H and O–H groups in total. The number of aromatic nitrogens is 2. The number of halogens is 3. The predicted octanol–water partition coefficient (Wildman–Crippen LogP) is 0.586. The van der Waals surface area contributed by atoms with Gasteiger partial charge >= 0.3 is 12.2 Å². The zero-order valence-corrected chi connectivity index (χ0v) is 13.9. The summed E-state index contributed by atoms with van der Waals surface area (Å²) < 4.78 is 69.7. The molecule has 1 aromatic rings. The fourth-order valence-corrected chi connectivity index (χ4v) is 2.05. The number of hydrogen-bond donors (Lipinski definition) is 1. The summed E-state index contributed by atoms with van der Waals surface area (Å²) >= 11 is 0. The second kappa shape index (κ2) is 7.75. The minimum Gasteiger partial charge on any atom is -0.458 e. The lowest BCUT2D eigenvalue weighted by molar-refractivity contribution is -0.123. The van der Waals surface area contributed by atoms with Gasteiger partial charge in [-0.15, -0.1) is 0 Å². The summed E-state index contributed by atoms with van der Waals surface area (Å²) in [7, 11) is -2.43. The van der Waals surface area contributed by atoms with Crippen LogP contribution in [0.1, 0.15) is 17.4 Å². The van der Waals surface area contributed by atoms with Crippen molar-refractivity contribution in [2.45, 2.75) is 24.2 Å². The molecule has 0 aromatic carbocycles. The maximum atomic E-state index is 12.2. The molecule has 1 atom stereocenters. The standard InChI is InChI=1S/C12H16F3N3O5S/c1-7(5-22-2)23-11-17-8(4-9(18-11)24(3,20)21)10(19)16-6-12(13,14)15/h4,7H,5-6H2,1-3H3,(H,16,19). The van der Waals surface area contributed by atoms with Crippen LogP contribution in [0.15, 0.2) is 11.1 Å². The Balaban J connectivity index is 3.12. The van der Waals surface area contributed by atoms with E-state index in [1.807, 2.05) is 0 Å². The molecule has 0 saturated carbocycles. The molecule has 0 spiro atoms. The van der Waals surface area contributed by atoms with Crippen molar-refractivity contribution in [2.75, 3.05) is 26.5 Å². The number of alkyl halides is 3. The Hall–Kier alpha value is -1.95. The molecule has 1 aromatic heterocycles. The maximum Gasteiger partial charge on any atom is 0.405 e. The Labute approximate surface area is 136 Å². The van der Waals surface area contributed by atoms with E-state index < -0.39 is 51.3 Å². The van der Waals surface area contributed by atoms with Crippen LogP contribution in [0, 0.1) is 0 Å². The minimum atomic E-state index is -4.62. The fourth-order valence-electron chi connectivity index (χ4n) is 1.48. The van der Waals surface area contributed by atoms with Crippen molar-refractivity contribution in [3.05, 3.63) is 11.8 Å². The van der Waals surface area contributed by atoms with Gasteiger partial charge < -0.3 is 14.8 Å². The summed E-state index contributed by atoms with van der Waals surface area (Å²) in [5.41, 5.74) is -0.561. The Morgan fingerprint density at radius 1 is 1.38 bits per heavy atom. The number of carbonyl (C=O) groups excluding carboxylic acids is 1. The van der Waals surface area contributed by atoms with Gasteiger partial charge in [-0.05, 0) is 6.92 Å². The maximum absolute atomic E-state index is 12.2. The van der Waals surface area contributed by atoms with Gasteiger partial charge in [0.25, 0.3) is 5.91 Å². The van der Waals surface area contributed by atoms with Gasteiger partial charge in [-0.1, -0.05) is 0 Å². The lowest BCUT2D eigenvalue weighted by Crippen LogP contribution is -2.34. The molecule has 0 fully saturated rings. The SMILES string of the molecule is COCC(C)Oc1nc(C(=O)NCC(F)(F)F)cc(S(C)(=O)=O)n1. The minimum absolute atomic E-state index is 0.127. The summed E-state index contributed by atoms with van der Waals surface area (Å²) in [6.07, 6.45) is -4.36. The molecule has 0 bridgehead atoms. The van der Waals surface area contributed by atoms with Crippen molar-refractivity contribution < 1.29 is 35.9 Å². The van der Waals surface area contributed by atoms with Crippen molar-refractivity contribution in [3.63, 3.8) is 0 Å². The van der Waals surface area contributed by atoms with E-state index in [1.165, 1.54) is 7.11 Å². The topological polar surface area (TPSA) is 107 Å². The van der Waals surface area contributed by atoms with E-state index in [0.717, 1.165) is 12.3 Å². The molecule has 1 amide bonds. The predicted molar refractivity (Wildman–Crippen MR) is 75.5 cm³/mol. The van der Waals surface area contributed by atoms with Gasteiger partial charge in [0.15, 0.2) is 14.9 Å². The average Bonchev–Trinajstić information content (AvgIpc) is 2.42. The van der Waals surface area contributed by atoms with E-state index in [4.69, 9.17) is 9.47 Å². The van der Waals surface area contributed by atoms with E-state index >= 15 is 0 Å². The van der Waals surface area contributed by atoms with Gasteiger partial charge in [0.1, 0.15) is 18.3 Å². The smallest absolute Gasteiger partial charge is 0.405 e. The molecule has 136 valence electrons. The van der Waals surface area contributed by atoms with Crippen molar-refractivity contribution in [2.24, 2.45) is 0 Å². The Bertz CT molecular complexity index is 694. The van der Waals surface area contributed by atoms with Crippen LogP contribution in [0.5, 0.6) is 6.01 Å². The number of carbonyl (C=O) groups is 1. The normalized spacial score (nSPS) is 13.4. The van der Waals surface area contributed by atoms with Gasteiger partial charge in [0, 0.05) is 19.4 Å². The second-order valence-electron chi connectivity index (χ2n) is 4.83. The molecule has 0 aliphatic heterocycles.